The van der Waals surface area contributed by atoms with Crippen molar-refractivity contribution in [3.63, 3.8) is 0 Å². The Hall–Kier alpha value is -2.12. The number of halogens is 1. The molecule has 3 N–H and O–H groups in total. The van der Waals surface area contributed by atoms with Gasteiger partial charge >= 0.3 is 0 Å². The molecular formula is C19H26IN5O4S. The molecule has 9 nitrogen and oxygen atoms in total. The van der Waals surface area contributed by atoms with Crippen LogP contribution in [0.3, 0.4) is 0 Å². The molecule has 0 saturated heterocycles. The van der Waals surface area contributed by atoms with Crippen molar-refractivity contribution in [1.29, 1.82) is 0 Å². The molecule has 0 fully saturated rings. The lowest BCUT2D eigenvalue weighted by Crippen LogP contribution is -2.32. The van der Waals surface area contributed by atoms with Gasteiger partial charge in [0.05, 0.1) is 19.8 Å². The zero-order valence-corrected chi connectivity index (χ0v) is 19.8. The molecule has 3 rings (SSSR count). The van der Waals surface area contributed by atoms with Gasteiger partial charge in [-0.05, 0) is 31.2 Å². The summed E-state index contributed by atoms with van der Waals surface area (Å²) < 4.78 is 38.3. The highest BCUT2D eigenvalue weighted by molar-refractivity contribution is 14.0. The Labute approximate surface area is 193 Å². The van der Waals surface area contributed by atoms with Crippen molar-refractivity contribution in [2.45, 2.75) is 18.2 Å². The Balaban J connectivity index is 0.00000320. The van der Waals surface area contributed by atoms with E-state index in [0.29, 0.717) is 31.5 Å². The minimum absolute atomic E-state index is 0. The lowest BCUT2D eigenvalue weighted by atomic mass is 10.3. The van der Waals surface area contributed by atoms with Crippen molar-refractivity contribution in [2.24, 2.45) is 4.99 Å². The standard InChI is InChI=1S/C19H25N5O4S.HI/c1-2-21-19(22-9-10-23-29(25,26)16-5-3-8-20-14-16)24-15-6-7-17-18(13-15)28-12-4-11-27-17;/h3,5-8,13-14,23H,2,4,9-12H2,1H3,(H2,21,22,24);1H. The molecule has 0 radical (unpaired) electrons. The van der Waals surface area contributed by atoms with Crippen LogP contribution in [0.5, 0.6) is 11.5 Å². The molecule has 0 unspecified atom stereocenters. The summed E-state index contributed by atoms with van der Waals surface area (Å²) in [5, 5.41) is 6.33. The van der Waals surface area contributed by atoms with Gasteiger partial charge in [-0.25, -0.2) is 13.1 Å². The Morgan fingerprint density at radius 3 is 2.73 bits per heavy atom. The SMILES string of the molecule is CCNC(=NCCNS(=O)(=O)c1cccnc1)Nc1ccc2c(c1)OCCCO2.I. The summed E-state index contributed by atoms with van der Waals surface area (Å²) >= 11 is 0. The number of hydrogen-bond acceptors (Lipinski definition) is 6. The number of rotatable bonds is 7. The zero-order valence-electron chi connectivity index (χ0n) is 16.6. The molecule has 2 aromatic rings. The first-order chi connectivity index (χ1) is 14.1. The van der Waals surface area contributed by atoms with Crippen LogP contribution in [0.15, 0.2) is 52.6 Å². The summed E-state index contributed by atoms with van der Waals surface area (Å²) in [5.41, 5.74) is 0.796. The molecule has 0 spiro atoms. The van der Waals surface area contributed by atoms with Crippen molar-refractivity contribution in [1.82, 2.24) is 15.0 Å². The molecule has 2 heterocycles. The highest BCUT2D eigenvalue weighted by atomic mass is 127. The van der Waals surface area contributed by atoms with Gasteiger partial charge in [0.25, 0.3) is 0 Å². The number of pyridine rings is 1. The van der Waals surface area contributed by atoms with Gasteiger partial charge in [-0.1, -0.05) is 0 Å². The number of aliphatic imine (C=N–C) groups is 1. The maximum absolute atomic E-state index is 12.2. The van der Waals surface area contributed by atoms with Crippen LogP contribution in [0.4, 0.5) is 5.69 Å². The van der Waals surface area contributed by atoms with E-state index in [-0.39, 0.29) is 42.0 Å². The second-order valence-electron chi connectivity index (χ2n) is 6.18. The molecule has 30 heavy (non-hydrogen) atoms. The average Bonchev–Trinajstić information content (AvgIpc) is 2.97. The van der Waals surface area contributed by atoms with E-state index in [0.717, 1.165) is 17.9 Å². The van der Waals surface area contributed by atoms with Crippen LogP contribution in [0.1, 0.15) is 13.3 Å². The number of fused-ring (bicyclic) bond motifs is 1. The van der Waals surface area contributed by atoms with Crippen LogP contribution >= 0.6 is 24.0 Å². The number of nitrogens with one attached hydrogen (secondary N) is 3. The van der Waals surface area contributed by atoms with Gasteiger partial charge in [-0.3, -0.25) is 9.98 Å². The quantitative estimate of drug-likeness (QED) is 0.211. The number of nitrogens with zero attached hydrogens (tertiary/aromatic N) is 2. The third kappa shape index (κ3) is 6.99. The van der Waals surface area contributed by atoms with Crippen molar-refractivity contribution in [3.05, 3.63) is 42.7 Å². The molecule has 0 aliphatic carbocycles. The van der Waals surface area contributed by atoms with E-state index in [1.165, 1.54) is 18.5 Å². The molecule has 164 valence electrons. The monoisotopic (exact) mass is 547 g/mol. The summed E-state index contributed by atoms with van der Waals surface area (Å²) in [7, 11) is -3.60. The molecule has 1 aliphatic heterocycles. The number of ether oxygens (including phenoxy) is 2. The van der Waals surface area contributed by atoms with E-state index in [2.05, 4.69) is 25.3 Å². The third-order valence-electron chi connectivity index (χ3n) is 3.97. The van der Waals surface area contributed by atoms with Gasteiger partial charge in [0.1, 0.15) is 4.90 Å². The second-order valence-corrected chi connectivity index (χ2v) is 7.95. The highest BCUT2D eigenvalue weighted by Gasteiger charge is 2.13. The molecule has 1 aromatic heterocycles. The van der Waals surface area contributed by atoms with Gasteiger partial charge in [0.2, 0.25) is 10.0 Å². The fourth-order valence-electron chi connectivity index (χ4n) is 2.62. The van der Waals surface area contributed by atoms with E-state index in [4.69, 9.17) is 9.47 Å². The minimum Gasteiger partial charge on any atom is -0.490 e. The van der Waals surface area contributed by atoms with E-state index in [1.54, 1.807) is 6.07 Å². The van der Waals surface area contributed by atoms with Crippen LogP contribution in [0.25, 0.3) is 0 Å². The first-order valence-corrected chi connectivity index (χ1v) is 10.9. The molecule has 0 saturated carbocycles. The zero-order chi connectivity index (χ0) is 20.5. The Morgan fingerprint density at radius 2 is 2.00 bits per heavy atom. The number of sulfonamides is 1. The van der Waals surface area contributed by atoms with Gasteiger partial charge in [0.15, 0.2) is 17.5 Å². The van der Waals surface area contributed by atoms with Gasteiger partial charge in [0, 0.05) is 43.7 Å². The molecule has 1 aromatic carbocycles. The fraction of sp³-hybridized carbons (Fsp3) is 0.368. The predicted octanol–water partition coefficient (Wildman–Crippen LogP) is 2.22. The number of guanidine groups is 1. The van der Waals surface area contributed by atoms with Crippen LogP contribution in [-0.2, 0) is 10.0 Å². The highest BCUT2D eigenvalue weighted by Crippen LogP contribution is 2.32. The lowest BCUT2D eigenvalue weighted by molar-refractivity contribution is 0.297. The van der Waals surface area contributed by atoms with Crippen LogP contribution in [0.2, 0.25) is 0 Å². The average molecular weight is 547 g/mol. The lowest BCUT2D eigenvalue weighted by Gasteiger charge is -2.14. The smallest absolute Gasteiger partial charge is 0.242 e. The molecule has 0 atom stereocenters. The number of benzene rings is 1. The summed E-state index contributed by atoms with van der Waals surface area (Å²) in [6.45, 7) is 4.29. The second kappa shape index (κ2) is 11.9. The van der Waals surface area contributed by atoms with E-state index < -0.39 is 10.0 Å². The van der Waals surface area contributed by atoms with Crippen LogP contribution < -0.4 is 24.8 Å². The first kappa shape index (κ1) is 24.2. The summed E-state index contributed by atoms with van der Waals surface area (Å²) in [6.07, 6.45) is 3.68. The van der Waals surface area contributed by atoms with Crippen LogP contribution in [0, 0.1) is 0 Å². The van der Waals surface area contributed by atoms with Crippen LogP contribution in [-0.4, -0.2) is 52.2 Å². The summed E-state index contributed by atoms with van der Waals surface area (Å²) in [6, 6.07) is 8.67. The van der Waals surface area contributed by atoms with Gasteiger partial charge in [-0.15, -0.1) is 24.0 Å². The Kier molecular flexibility index (Phi) is 9.59. The van der Waals surface area contributed by atoms with Crippen molar-refractivity contribution in [3.8, 4) is 11.5 Å². The first-order valence-electron chi connectivity index (χ1n) is 9.43. The maximum Gasteiger partial charge on any atom is 0.242 e. The molecule has 0 amide bonds. The Bertz CT molecular complexity index is 941. The number of hydrogen-bond donors (Lipinski definition) is 3. The molecule has 0 bridgehead atoms. The largest absolute Gasteiger partial charge is 0.490 e. The van der Waals surface area contributed by atoms with Crippen molar-refractivity contribution >= 4 is 45.6 Å². The normalized spacial score (nSPS) is 13.7. The maximum atomic E-state index is 12.2. The summed E-state index contributed by atoms with van der Waals surface area (Å²) in [4.78, 5) is 8.37. The predicted molar refractivity (Wildman–Crippen MR) is 126 cm³/mol. The minimum atomic E-state index is -3.60. The topological polar surface area (TPSA) is 114 Å². The van der Waals surface area contributed by atoms with E-state index >= 15 is 0 Å². The number of anilines is 1. The van der Waals surface area contributed by atoms with Crippen molar-refractivity contribution in [2.75, 3.05) is 38.2 Å². The van der Waals surface area contributed by atoms with E-state index in [1.807, 2.05) is 25.1 Å². The molecule has 11 heteroatoms. The Morgan fingerprint density at radius 1 is 1.20 bits per heavy atom. The van der Waals surface area contributed by atoms with E-state index in [9.17, 15) is 8.42 Å². The van der Waals surface area contributed by atoms with Gasteiger partial charge in [-0.2, -0.15) is 0 Å². The molecular weight excluding hydrogens is 521 g/mol. The fourth-order valence-corrected chi connectivity index (χ4v) is 3.61. The third-order valence-corrected chi connectivity index (χ3v) is 5.42. The van der Waals surface area contributed by atoms with Crippen molar-refractivity contribution < 1.29 is 17.9 Å². The summed E-state index contributed by atoms with van der Waals surface area (Å²) in [5.74, 6) is 1.95. The molecule has 1 aliphatic rings. The number of aromatic nitrogens is 1. The van der Waals surface area contributed by atoms with Gasteiger partial charge < -0.3 is 20.1 Å².